The molecule has 1 aliphatic heterocycles. The molecular formula is C19H19F2N3O4. The zero-order valence-corrected chi connectivity index (χ0v) is 15.1. The van der Waals surface area contributed by atoms with E-state index in [1.54, 1.807) is 11.9 Å². The summed E-state index contributed by atoms with van der Waals surface area (Å²) in [6.07, 6.45) is 0. The minimum absolute atomic E-state index is 0.0763. The van der Waals surface area contributed by atoms with Crippen molar-refractivity contribution < 1.29 is 27.8 Å². The van der Waals surface area contributed by atoms with Crippen molar-refractivity contribution >= 4 is 17.5 Å². The van der Waals surface area contributed by atoms with Crippen molar-refractivity contribution in [2.24, 2.45) is 0 Å². The van der Waals surface area contributed by atoms with Crippen molar-refractivity contribution in [1.29, 1.82) is 0 Å². The molecule has 0 atom stereocenters. The molecule has 1 aliphatic rings. The normalized spacial score (nSPS) is 12.1. The maximum Gasteiger partial charge on any atom is 0.243 e. The Hall–Kier alpha value is -3.20. The second-order valence-corrected chi connectivity index (χ2v) is 6.31. The first-order chi connectivity index (χ1) is 13.4. The lowest BCUT2D eigenvalue weighted by molar-refractivity contribution is -0.124. The number of rotatable bonds is 7. The predicted octanol–water partition coefficient (Wildman–Crippen LogP) is 1.88. The second kappa shape index (κ2) is 8.66. The van der Waals surface area contributed by atoms with Crippen molar-refractivity contribution in [3.63, 3.8) is 0 Å². The van der Waals surface area contributed by atoms with Gasteiger partial charge in [-0.15, -0.1) is 0 Å². The smallest absolute Gasteiger partial charge is 0.243 e. The van der Waals surface area contributed by atoms with Crippen LogP contribution in [0.25, 0.3) is 0 Å². The number of hydrogen-bond acceptors (Lipinski definition) is 5. The average molecular weight is 391 g/mol. The van der Waals surface area contributed by atoms with Crippen LogP contribution in [0.15, 0.2) is 36.4 Å². The number of fused-ring (bicyclic) bond motifs is 1. The summed E-state index contributed by atoms with van der Waals surface area (Å²) in [5, 5.41) is 4.86. The average Bonchev–Trinajstić information content (AvgIpc) is 3.11. The van der Waals surface area contributed by atoms with Crippen LogP contribution < -0.4 is 20.1 Å². The molecule has 0 bridgehead atoms. The van der Waals surface area contributed by atoms with Gasteiger partial charge in [0.15, 0.2) is 23.1 Å². The van der Waals surface area contributed by atoms with Crippen LogP contribution in [0.4, 0.5) is 14.5 Å². The van der Waals surface area contributed by atoms with Crippen LogP contribution in [0.5, 0.6) is 11.5 Å². The molecule has 148 valence electrons. The quantitative estimate of drug-likeness (QED) is 0.754. The Morgan fingerprint density at radius 1 is 1.04 bits per heavy atom. The highest BCUT2D eigenvalue weighted by Gasteiger charge is 2.15. The summed E-state index contributed by atoms with van der Waals surface area (Å²) in [5.74, 6) is -1.59. The third kappa shape index (κ3) is 5.17. The van der Waals surface area contributed by atoms with Crippen molar-refractivity contribution in [2.45, 2.75) is 6.54 Å². The first kappa shape index (κ1) is 19.6. The number of halogens is 2. The van der Waals surface area contributed by atoms with Gasteiger partial charge in [-0.3, -0.25) is 14.5 Å². The molecule has 28 heavy (non-hydrogen) atoms. The first-order valence-corrected chi connectivity index (χ1v) is 8.49. The van der Waals surface area contributed by atoms with Gasteiger partial charge in [-0.2, -0.15) is 0 Å². The van der Waals surface area contributed by atoms with E-state index in [4.69, 9.17) is 9.47 Å². The van der Waals surface area contributed by atoms with Gasteiger partial charge in [0.1, 0.15) is 0 Å². The number of nitrogens with zero attached hydrogens (tertiary/aromatic N) is 1. The van der Waals surface area contributed by atoms with E-state index in [9.17, 15) is 18.4 Å². The molecule has 0 spiro atoms. The molecule has 1 heterocycles. The number of hydrogen-bond donors (Lipinski definition) is 2. The van der Waals surface area contributed by atoms with Gasteiger partial charge in [0.25, 0.3) is 0 Å². The molecule has 0 aliphatic carbocycles. The first-order valence-electron chi connectivity index (χ1n) is 8.49. The lowest BCUT2D eigenvalue weighted by atomic mass is 10.2. The lowest BCUT2D eigenvalue weighted by Gasteiger charge is -2.16. The maximum absolute atomic E-state index is 13.1. The monoisotopic (exact) mass is 391 g/mol. The number of anilines is 1. The van der Waals surface area contributed by atoms with Crippen molar-refractivity contribution in [1.82, 2.24) is 10.2 Å². The molecule has 7 nitrogen and oxygen atoms in total. The van der Waals surface area contributed by atoms with Gasteiger partial charge in [-0.25, -0.2) is 8.78 Å². The fourth-order valence-electron chi connectivity index (χ4n) is 2.67. The summed E-state index contributed by atoms with van der Waals surface area (Å²) in [5.41, 5.74) is 1.06. The molecule has 3 rings (SSSR count). The van der Waals surface area contributed by atoms with E-state index < -0.39 is 17.5 Å². The Kier molecular flexibility index (Phi) is 6.05. The molecule has 2 aromatic carbocycles. The maximum atomic E-state index is 13.1. The van der Waals surface area contributed by atoms with Crippen LogP contribution in [-0.2, 0) is 16.1 Å². The van der Waals surface area contributed by atoms with E-state index in [-0.39, 0.29) is 31.5 Å². The van der Waals surface area contributed by atoms with Crippen LogP contribution in [-0.4, -0.2) is 43.6 Å². The van der Waals surface area contributed by atoms with Crippen LogP contribution in [0.3, 0.4) is 0 Å². The third-order valence-electron chi connectivity index (χ3n) is 3.95. The number of ether oxygens (including phenoxy) is 2. The second-order valence-electron chi connectivity index (χ2n) is 6.31. The molecule has 0 unspecified atom stereocenters. The van der Waals surface area contributed by atoms with E-state index in [2.05, 4.69) is 10.6 Å². The Morgan fingerprint density at radius 2 is 1.82 bits per heavy atom. The molecule has 0 saturated heterocycles. The van der Waals surface area contributed by atoms with Crippen LogP contribution in [0.2, 0.25) is 0 Å². The topological polar surface area (TPSA) is 79.9 Å². The summed E-state index contributed by atoms with van der Waals surface area (Å²) in [7, 11) is 1.77. The highest BCUT2D eigenvalue weighted by molar-refractivity contribution is 5.94. The third-order valence-corrected chi connectivity index (χ3v) is 3.95. The lowest BCUT2D eigenvalue weighted by Crippen LogP contribution is -2.39. The van der Waals surface area contributed by atoms with Gasteiger partial charge >= 0.3 is 0 Å². The van der Waals surface area contributed by atoms with E-state index in [1.165, 1.54) is 6.07 Å². The van der Waals surface area contributed by atoms with Gasteiger partial charge in [0.2, 0.25) is 18.6 Å². The van der Waals surface area contributed by atoms with Crippen molar-refractivity contribution in [3.05, 3.63) is 53.6 Å². The summed E-state index contributed by atoms with van der Waals surface area (Å²) in [6.45, 7) is 0.497. The Labute approximate surface area is 160 Å². The molecule has 0 saturated carbocycles. The molecule has 2 aromatic rings. The van der Waals surface area contributed by atoms with Gasteiger partial charge in [0, 0.05) is 18.3 Å². The van der Waals surface area contributed by atoms with Gasteiger partial charge in [0.05, 0.1) is 13.1 Å². The fourth-order valence-corrected chi connectivity index (χ4v) is 2.67. The van der Waals surface area contributed by atoms with E-state index in [1.807, 2.05) is 18.2 Å². The van der Waals surface area contributed by atoms with Gasteiger partial charge in [-0.05, 0) is 36.9 Å². The number of carbonyl (C=O) groups is 2. The summed E-state index contributed by atoms with van der Waals surface area (Å²) < 4.78 is 36.6. The SMILES string of the molecule is CN(CC(=O)NCC(=O)Nc1ccc(F)c(F)c1)Cc1ccc2c(c1)OCO2. The van der Waals surface area contributed by atoms with E-state index in [0.29, 0.717) is 18.0 Å². The molecular weight excluding hydrogens is 372 g/mol. The number of nitrogens with one attached hydrogen (secondary N) is 2. The molecule has 0 radical (unpaired) electrons. The largest absolute Gasteiger partial charge is 0.454 e. The summed E-state index contributed by atoms with van der Waals surface area (Å²) in [4.78, 5) is 25.6. The zero-order chi connectivity index (χ0) is 20.1. The standard InChI is InChI=1S/C19H19F2N3O4/c1-24(9-12-2-5-16-17(6-12)28-11-27-16)10-19(26)22-8-18(25)23-13-3-4-14(20)15(21)7-13/h2-7H,8-11H2,1H3,(H,22,26)(H,23,25). The fraction of sp³-hybridized carbons (Fsp3) is 0.263. The predicted molar refractivity (Wildman–Crippen MR) is 96.9 cm³/mol. The van der Waals surface area contributed by atoms with E-state index in [0.717, 1.165) is 17.7 Å². The number of benzene rings is 2. The number of carbonyl (C=O) groups excluding carboxylic acids is 2. The van der Waals surface area contributed by atoms with Crippen molar-refractivity contribution in [2.75, 3.05) is 32.2 Å². The Morgan fingerprint density at radius 3 is 2.61 bits per heavy atom. The number of likely N-dealkylation sites (N-methyl/N-ethyl adjacent to an activating group) is 1. The molecule has 2 amide bonds. The Bertz CT molecular complexity index is 891. The van der Waals surface area contributed by atoms with Gasteiger partial charge < -0.3 is 20.1 Å². The molecule has 9 heteroatoms. The minimum Gasteiger partial charge on any atom is -0.454 e. The van der Waals surface area contributed by atoms with E-state index >= 15 is 0 Å². The molecule has 0 fully saturated rings. The zero-order valence-electron chi connectivity index (χ0n) is 15.1. The highest BCUT2D eigenvalue weighted by Crippen LogP contribution is 2.32. The minimum atomic E-state index is -1.06. The van der Waals surface area contributed by atoms with Crippen LogP contribution in [0, 0.1) is 11.6 Å². The summed E-state index contributed by atoms with van der Waals surface area (Å²) in [6, 6.07) is 8.57. The molecule has 0 aromatic heterocycles. The van der Waals surface area contributed by atoms with Crippen LogP contribution in [0.1, 0.15) is 5.56 Å². The van der Waals surface area contributed by atoms with Gasteiger partial charge in [-0.1, -0.05) is 6.07 Å². The van der Waals surface area contributed by atoms with Crippen LogP contribution >= 0.6 is 0 Å². The Balaban J connectivity index is 1.42. The van der Waals surface area contributed by atoms with Crippen molar-refractivity contribution in [3.8, 4) is 11.5 Å². The summed E-state index contributed by atoms with van der Waals surface area (Å²) >= 11 is 0. The highest BCUT2D eigenvalue weighted by atomic mass is 19.2. The number of amides is 2. The molecule has 2 N–H and O–H groups in total.